The molecule has 60 valence electrons. The summed E-state index contributed by atoms with van der Waals surface area (Å²) < 4.78 is 0. The van der Waals surface area contributed by atoms with Gasteiger partial charge in [-0.1, -0.05) is 0 Å². The van der Waals surface area contributed by atoms with Crippen molar-refractivity contribution in [3.8, 4) is 0 Å². The highest BCUT2D eigenvalue weighted by Crippen LogP contribution is 1.98. The van der Waals surface area contributed by atoms with Crippen molar-refractivity contribution in [2.45, 2.75) is 0 Å². The highest BCUT2D eigenvalue weighted by molar-refractivity contribution is 5.91. The number of H-pyrrole nitrogens is 1. The number of hydrogen-bond acceptors (Lipinski definition) is 2. The number of nitrogens with zero attached hydrogens (tertiary/aromatic N) is 1. The lowest BCUT2D eigenvalue weighted by atomic mass is 10.4. The van der Waals surface area contributed by atoms with E-state index in [-0.39, 0.29) is 5.91 Å². The van der Waals surface area contributed by atoms with Crippen molar-refractivity contribution in [3.63, 3.8) is 0 Å². The minimum atomic E-state index is -0.183. The van der Waals surface area contributed by atoms with E-state index in [4.69, 9.17) is 4.84 Å². The number of rotatable bonds is 2. The maximum Gasteiger partial charge on any atom is 0.293 e. The smallest absolute Gasteiger partial charge is 0.293 e. The van der Waals surface area contributed by atoms with Crippen LogP contribution in [-0.2, 0) is 4.84 Å². The van der Waals surface area contributed by atoms with Crippen molar-refractivity contribution in [1.29, 1.82) is 0 Å². The Balaban J connectivity index is 2.70. The quantitative estimate of drug-likeness (QED) is 0.635. The lowest BCUT2D eigenvalue weighted by molar-refractivity contribution is -0.0760. The molecule has 1 aromatic rings. The van der Waals surface area contributed by atoms with Crippen molar-refractivity contribution < 1.29 is 9.63 Å². The van der Waals surface area contributed by atoms with E-state index in [1.54, 1.807) is 25.4 Å². The summed E-state index contributed by atoms with van der Waals surface area (Å²) in [6.45, 7) is 0. The van der Waals surface area contributed by atoms with Gasteiger partial charge in [0, 0.05) is 13.2 Å². The molecule has 11 heavy (non-hydrogen) atoms. The van der Waals surface area contributed by atoms with Crippen molar-refractivity contribution in [2.24, 2.45) is 0 Å². The Hall–Kier alpha value is -1.29. The number of hydroxylamine groups is 2. The van der Waals surface area contributed by atoms with Crippen LogP contribution in [0.5, 0.6) is 0 Å². The van der Waals surface area contributed by atoms with E-state index in [1.807, 2.05) is 0 Å². The van der Waals surface area contributed by atoms with Gasteiger partial charge in [0.05, 0.1) is 7.11 Å². The predicted molar refractivity (Wildman–Crippen MR) is 39.9 cm³/mol. The first-order chi connectivity index (χ1) is 5.25. The molecule has 0 unspecified atom stereocenters. The number of aromatic nitrogens is 1. The fraction of sp³-hybridized carbons (Fsp3) is 0.286. The monoisotopic (exact) mass is 154 g/mol. The zero-order valence-corrected chi connectivity index (χ0v) is 6.50. The Morgan fingerprint density at radius 3 is 2.91 bits per heavy atom. The lowest BCUT2D eigenvalue weighted by Gasteiger charge is -2.11. The van der Waals surface area contributed by atoms with Gasteiger partial charge in [-0.15, -0.1) is 0 Å². The first-order valence-electron chi connectivity index (χ1n) is 3.21. The third kappa shape index (κ3) is 1.59. The molecular weight excluding hydrogens is 144 g/mol. The molecule has 0 spiro atoms. The van der Waals surface area contributed by atoms with Gasteiger partial charge in [0.25, 0.3) is 5.91 Å². The van der Waals surface area contributed by atoms with Crippen LogP contribution in [-0.4, -0.2) is 30.1 Å². The van der Waals surface area contributed by atoms with E-state index in [0.717, 1.165) is 5.06 Å². The van der Waals surface area contributed by atoms with Crippen LogP contribution in [0.2, 0.25) is 0 Å². The van der Waals surface area contributed by atoms with Crippen LogP contribution in [0.3, 0.4) is 0 Å². The summed E-state index contributed by atoms with van der Waals surface area (Å²) in [4.78, 5) is 18.7. The van der Waals surface area contributed by atoms with Gasteiger partial charge in [-0.2, -0.15) is 0 Å². The van der Waals surface area contributed by atoms with Gasteiger partial charge >= 0.3 is 0 Å². The van der Waals surface area contributed by atoms with Gasteiger partial charge in [0.15, 0.2) is 0 Å². The molecule has 1 N–H and O–H groups in total. The number of carbonyl (C=O) groups is 1. The summed E-state index contributed by atoms with van der Waals surface area (Å²) in [5.74, 6) is -0.183. The highest BCUT2D eigenvalue weighted by atomic mass is 16.7. The van der Waals surface area contributed by atoms with Gasteiger partial charge < -0.3 is 4.98 Å². The Bertz CT molecular complexity index is 231. The van der Waals surface area contributed by atoms with Crippen molar-refractivity contribution in [1.82, 2.24) is 10.0 Å². The second-order valence-corrected chi connectivity index (χ2v) is 2.07. The van der Waals surface area contributed by atoms with Crippen molar-refractivity contribution >= 4 is 5.91 Å². The van der Waals surface area contributed by atoms with Crippen molar-refractivity contribution in [2.75, 3.05) is 14.2 Å². The van der Waals surface area contributed by atoms with Crippen LogP contribution in [0.15, 0.2) is 18.3 Å². The molecule has 0 saturated carbocycles. The highest BCUT2D eigenvalue weighted by Gasteiger charge is 2.10. The van der Waals surface area contributed by atoms with Gasteiger partial charge in [0.2, 0.25) is 0 Å². The number of hydrogen-bond donors (Lipinski definition) is 1. The normalized spacial score (nSPS) is 9.64. The number of aromatic amines is 1. The SMILES string of the molecule is CON(C)C(=O)c1ccc[nH]1. The zero-order chi connectivity index (χ0) is 8.27. The summed E-state index contributed by atoms with van der Waals surface area (Å²) in [7, 11) is 3.00. The summed E-state index contributed by atoms with van der Waals surface area (Å²) in [6.07, 6.45) is 1.69. The van der Waals surface area contributed by atoms with Crippen LogP contribution in [0.25, 0.3) is 0 Å². The lowest BCUT2D eigenvalue weighted by Crippen LogP contribution is -2.25. The fourth-order valence-corrected chi connectivity index (χ4v) is 0.716. The van der Waals surface area contributed by atoms with E-state index in [1.165, 1.54) is 7.11 Å². The van der Waals surface area contributed by atoms with Crippen molar-refractivity contribution in [3.05, 3.63) is 24.0 Å². The molecular formula is C7H10N2O2. The van der Waals surface area contributed by atoms with Gasteiger partial charge in [-0.25, -0.2) is 5.06 Å². The molecule has 0 aliphatic rings. The molecule has 1 aromatic heterocycles. The first-order valence-corrected chi connectivity index (χ1v) is 3.21. The molecule has 0 radical (unpaired) electrons. The van der Waals surface area contributed by atoms with Crippen LogP contribution in [0, 0.1) is 0 Å². The summed E-state index contributed by atoms with van der Waals surface area (Å²) in [5, 5.41) is 1.16. The largest absolute Gasteiger partial charge is 0.357 e. The van der Waals surface area contributed by atoms with Gasteiger partial charge in [0.1, 0.15) is 5.69 Å². The third-order valence-corrected chi connectivity index (χ3v) is 1.39. The molecule has 1 rings (SSSR count). The van der Waals surface area contributed by atoms with Crippen LogP contribution >= 0.6 is 0 Å². The molecule has 4 heteroatoms. The Labute approximate surface area is 64.7 Å². The van der Waals surface area contributed by atoms with E-state index < -0.39 is 0 Å². The average Bonchev–Trinajstić information content (AvgIpc) is 2.53. The maximum atomic E-state index is 11.2. The number of carbonyl (C=O) groups excluding carboxylic acids is 1. The van der Waals surface area contributed by atoms with Gasteiger partial charge in [-0.05, 0) is 12.1 Å². The summed E-state index contributed by atoms with van der Waals surface area (Å²) >= 11 is 0. The topological polar surface area (TPSA) is 45.3 Å². The summed E-state index contributed by atoms with van der Waals surface area (Å²) in [6, 6.07) is 3.45. The molecule has 0 aromatic carbocycles. The fourth-order valence-electron chi connectivity index (χ4n) is 0.716. The second kappa shape index (κ2) is 3.21. The van der Waals surface area contributed by atoms with Crippen LogP contribution in [0.4, 0.5) is 0 Å². The number of amides is 1. The molecule has 4 nitrogen and oxygen atoms in total. The molecule has 1 amide bonds. The number of nitrogens with one attached hydrogen (secondary N) is 1. The Morgan fingerprint density at radius 1 is 1.73 bits per heavy atom. The molecule has 0 saturated heterocycles. The third-order valence-electron chi connectivity index (χ3n) is 1.39. The molecule has 1 heterocycles. The van der Waals surface area contributed by atoms with Gasteiger partial charge in [-0.3, -0.25) is 9.63 Å². The van der Waals surface area contributed by atoms with E-state index in [0.29, 0.717) is 5.69 Å². The minimum Gasteiger partial charge on any atom is -0.357 e. The molecule has 0 atom stereocenters. The Kier molecular flexibility index (Phi) is 2.28. The second-order valence-electron chi connectivity index (χ2n) is 2.07. The van der Waals surface area contributed by atoms with Crippen LogP contribution < -0.4 is 0 Å². The molecule has 0 aliphatic heterocycles. The molecule has 0 bridgehead atoms. The van der Waals surface area contributed by atoms with E-state index in [9.17, 15) is 4.79 Å². The average molecular weight is 154 g/mol. The maximum absolute atomic E-state index is 11.2. The zero-order valence-electron chi connectivity index (χ0n) is 6.50. The molecule has 0 aliphatic carbocycles. The minimum absolute atomic E-state index is 0.183. The van der Waals surface area contributed by atoms with Crippen LogP contribution in [0.1, 0.15) is 10.5 Å². The van der Waals surface area contributed by atoms with E-state index in [2.05, 4.69) is 4.98 Å². The standard InChI is InChI=1S/C7H10N2O2/c1-9(11-2)7(10)6-4-3-5-8-6/h3-5,8H,1-2H3. The van der Waals surface area contributed by atoms with E-state index >= 15 is 0 Å². The first kappa shape index (κ1) is 7.81. The predicted octanol–water partition coefficient (Wildman–Crippen LogP) is 0.648. The Morgan fingerprint density at radius 2 is 2.45 bits per heavy atom. The summed E-state index contributed by atoms with van der Waals surface area (Å²) in [5.41, 5.74) is 0.523. The molecule has 0 fully saturated rings.